The molecule has 4 aromatic rings. The number of pyridine rings is 1. The van der Waals surface area contributed by atoms with Gasteiger partial charge in [0, 0.05) is 49.4 Å². The Morgan fingerprint density at radius 2 is 1.82 bits per heavy atom. The van der Waals surface area contributed by atoms with E-state index in [9.17, 15) is 18.0 Å². The lowest BCUT2D eigenvalue weighted by molar-refractivity contribution is -0.115. The molecule has 0 saturated carbocycles. The highest BCUT2D eigenvalue weighted by atomic mass is 32.2. The Morgan fingerprint density at radius 1 is 1.08 bits per heavy atom. The van der Waals surface area contributed by atoms with E-state index in [-0.39, 0.29) is 23.1 Å². The molecular formula is C28H27N5O4S. The minimum absolute atomic E-state index is 0.0587. The Labute approximate surface area is 220 Å². The van der Waals surface area contributed by atoms with Crippen molar-refractivity contribution in [3.05, 3.63) is 89.7 Å². The van der Waals surface area contributed by atoms with Gasteiger partial charge in [-0.1, -0.05) is 30.3 Å². The first-order valence-corrected chi connectivity index (χ1v) is 14.0. The van der Waals surface area contributed by atoms with Gasteiger partial charge in [0.2, 0.25) is 5.91 Å². The summed E-state index contributed by atoms with van der Waals surface area (Å²) in [6.45, 7) is 0.624. The molecule has 0 unspecified atom stereocenters. The number of sulfone groups is 1. The van der Waals surface area contributed by atoms with Crippen molar-refractivity contribution in [2.45, 2.75) is 17.7 Å². The van der Waals surface area contributed by atoms with E-state index in [2.05, 4.69) is 20.6 Å². The van der Waals surface area contributed by atoms with Gasteiger partial charge in [-0.05, 0) is 42.0 Å². The van der Waals surface area contributed by atoms with Crippen molar-refractivity contribution >= 4 is 38.8 Å². The molecule has 5 rings (SSSR count). The molecule has 1 aliphatic rings. The van der Waals surface area contributed by atoms with Crippen LogP contribution in [0.3, 0.4) is 0 Å². The van der Waals surface area contributed by atoms with E-state index in [0.717, 1.165) is 28.9 Å². The summed E-state index contributed by atoms with van der Waals surface area (Å²) in [4.78, 5) is 35.4. The molecule has 0 aliphatic carbocycles. The number of likely N-dealkylation sites (N-methyl/N-ethyl adjacent to an activating group) is 1. The third kappa shape index (κ3) is 5.30. The largest absolute Gasteiger partial charge is 0.356 e. The highest BCUT2D eigenvalue weighted by Gasteiger charge is 2.30. The number of carbonyl (C=O) groups excluding carboxylic acids is 2. The Morgan fingerprint density at radius 3 is 2.53 bits per heavy atom. The fourth-order valence-electron chi connectivity index (χ4n) is 4.44. The monoisotopic (exact) mass is 529 g/mol. The summed E-state index contributed by atoms with van der Waals surface area (Å²) in [5.74, 6) is 0.0190. The molecule has 0 saturated heterocycles. The summed E-state index contributed by atoms with van der Waals surface area (Å²) in [6.07, 6.45) is 3.51. The second kappa shape index (κ2) is 10.1. The number of aromatic nitrogens is 2. The number of rotatable bonds is 7. The number of benzene rings is 2. The molecule has 0 bridgehead atoms. The number of H-pyrrole nitrogens is 1. The Balaban J connectivity index is 1.41. The van der Waals surface area contributed by atoms with Crippen LogP contribution in [0.1, 0.15) is 21.6 Å². The first-order valence-electron chi connectivity index (χ1n) is 12.1. The van der Waals surface area contributed by atoms with E-state index in [1.807, 2.05) is 36.4 Å². The van der Waals surface area contributed by atoms with E-state index in [0.29, 0.717) is 35.6 Å². The molecule has 9 nitrogen and oxygen atoms in total. The van der Waals surface area contributed by atoms with Crippen LogP contribution in [0.2, 0.25) is 0 Å². The average Bonchev–Trinajstić information content (AvgIpc) is 3.25. The van der Waals surface area contributed by atoms with Crippen LogP contribution < -0.4 is 10.6 Å². The molecule has 2 aromatic carbocycles. The van der Waals surface area contributed by atoms with Crippen molar-refractivity contribution in [2.75, 3.05) is 30.5 Å². The average molecular weight is 530 g/mol. The second-order valence-corrected chi connectivity index (χ2v) is 11.3. The van der Waals surface area contributed by atoms with Crippen molar-refractivity contribution in [3.63, 3.8) is 0 Å². The zero-order chi connectivity index (χ0) is 26.9. The summed E-state index contributed by atoms with van der Waals surface area (Å²) in [6, 6.07) is 19.4. The lowest BCUT2D eigenvalue weighted by Gasteiger charge is -2.23. The van der Waals surface area contributed by atoms with Gasteiger partial charge < -0.3 is 20.5 Å². The van der Waals surface area contributed by atoms with Crippen molar-refractivity contribution in [1.29, 1.82) is 0 Å². The van der Waals surface area contributed by atoms with Gasteiger partial charge in [0.1, 0.15) is 5.82 Å². The number of amides is 2. The number of para-hydroxylation sites is 1. The van der Waals surface area contributed by atoms with E-state index < -0.39 is 9.84 Å². The Bertz CT molecular complexity index is 1610. The van der Waals surface area contributed by atoms with Crippen molar-refractivity contribution in [3.8, 4) is 11.3 Å². The minimum Gasteiger partial charge on any atom is -0.356 e. The molecule has 0 radical (unpaired) electrons. The quantitative estimate of drug-likeness (QED) is 0.332. The maximum absolute atomic E-state index is 13.1. The van der Waals surface area contributed by atoms with Gasteiger partial charge in [-0.2, -0.15) is 0 Å². The third-order valence-electron chi connectivity index (χ3n) is 6.41. The molecule has 2 aromatic heterocycles. The van der Waals surface area contributed by atoms with Gasteiger partial charge in [-0.25, -0.2) is 13.4 Å². The van der Waals surface area contributed by atoms with Crippen molar-refractivity contribution < 1.29 is 18.0 Å². The van der Waals surface area contributed by atoms with Crippen molar-refractivity contribution in [2.24, 2.45) is 0 Å². The zero-order valence-electron chi connectivity index (χ0n) is 21.0. The SMILES string of the molecule is CN1CCc2[nH]c(-c3ccnc(NC(=O)Cc4ccc(S(C)(=O)=O)cc4)c3)c(Nc3ccccc3)c2C1=O. The number of hydrogen-bond donors (Lipinski definition) is 3. The molecule has 0 atom stereocenters. The molecule has 0 fully saturated rings. The van der Waals surface area contributed by atoms with Gasteiger partial charge in [0.25, 0.3) is 5.91 Å². The van der Waals surface area contributed by atoms with Crippen LogP contribution in [0.15, 0.2) is 77.8 Å². The van der Waals surface area contributed by atoms with Gasteiger partial charge in [-0.3, -0.25) is 9.59 Å². The predicted molar refractivity (Wildman–Crippen MR) is 146 cm³/mol. The fourth-order valence-corrected chi connectivity index (χ4v) is 5.07. The van der Waals surface area contributed by atoms with Crippen LogP contribution in [0.5, 0.6) is 0 Å². The van der Waals surface area contributed by atoms with Gasteiger partial charge in [0.15, 0.2) is 9.84 Å². The third-order valence-corrected chi connectivity index (χ3v) is 7.54. The van der Waals surface area contributed by atoms with Gasteiger partial charge in [0.05, 0.1) is 28.3 Å². The molecule has 3 heterocycles. The van der Waals surface area contributed by atoms with Crippen LogP contribution >= 0.6 is 0 Å². The van der Waals surface area contributed by atoms with E-state index in [4.69, 9.17) is 0 Å². The molecule has 1 aliphatic heterocycles. The zero-order valence-corrected chi connectivity index (χ0v) is 21.8. The lowest BCUT2D eigenvalue weighted by Crippen LogP contribution is -2.34. The molecule has 3 N–H and O–H groups in total. The van der Waals surface area contributed by atoms with Gasteiger partial charge in [-0.15, -0.1) is 0 Å². The molecule has 2 amide bonds. The normalized spacial score (nSPS) is 13.2. The number of fused-ring (bicyclic) bond motifs is 1. The molecule has 10 heteroatoms. The van der Waals surface area contributed by atoms with Crippen LogP contribution in [-0.2, 0) is 27.5 Å². The van der Waals surface area contributed by atoms with Gasteiger partial charge >= 0.3 is 0 Å². The van der Waals surface area contributed by atoms with Crippen LogP contribution in [0.4, 0.5) is 17.2 Å². The number of anilines is 3. The van der Waals surface area contributed by atoms with Crippen LogP contribution in [0, 0.1) is 0 Å². The fraction of sp³-hybridized carbons (Fsp3) is 0.179. The number of aromatic amines is 1. The number of nitrogens with zero attached hydrogens (tertiary/aromatic N) is 2. The smallest absolute Gasteiger partial charge is 0.257 e. The summed E-state index contributed by atoms with van der Waals surface area (Å²) in [5.41, 5.74) is 5.17. The Hall–Kier alpha value is -4.44. The highest BCUT2D eigenvalue weighted by molar-refractivity contribution is 7.90. The second-order valence-electron chi connectivity index (χ2n) is 9.27. The van der Waals surface area contributed by atoms with Crippen molar-refractivity contribution in [1.82, 2.24) is 14.9 Å². The number of carbonyl (C=O) groups is 2. The van der Waals surface area contributed by atoms with E-state index in [1.165, 1.54) is 12.1 Å². The number of hydrogen-bond acceptors (Lipinski definition) is 6. The highest BCUT2D eigenvalue weighted by Crippen LogP contribution is 2.38. The Kier molecular flexibility index (Phi) is 6.73. The molecule has 38 heavy (non-hydrogen) atoms. The number of nitrogens with one attached hydrogen (secondary N) is 3. The summed E-state index contributed by atoms with van der Waals surface area (Å²) < 4.78 is 23.3. The maximum Gasteiger partial charge on any atom is 0.257 e. The molecular weight excluding hydrogens is 502 g/mol. The lowest BCUT2D eigenvalue weighted by atomic mass is 10.0. The van der Waals surface area contributed by atoms with Crippen LogP contribution in [0.25, 0.3) is 11.3 Å². The molecule has 194 valence electrons. The predicted octanol–water partition coefficient (Wildman–Crippen LogP) is 4.03. The topological polar surface area (TPSA) is 124 Å². The minimum atomic E-state index is -3.30. The van der Waals surface area contributed by atoms with E-state index in [1.54, 1.807) is 36.3 Å². The summed E-state index contributed by atoms with van der Waals surface area (Å²) in [5, 5.41) is 6.22. The summed E-state index contributed by atoms with van der Waals surface area (Å²) in [7, 11) is -1.51. The first kappa shape index (κ1) is 25.2. The van der Waals surface area contributed by atoms with E-state index >= 15 is 0 Å². The molecule has 0 spiro atoms. The maximum atomic E-state index is 13.1. The standard InChI is InChI=1S/C28H27N5O4S/c1-33-15-13-22-25(28(33)35)27(30-20-6-4-3-5-7-20)26(31-22)19-12-14-29-23(17-19)32-24(34)16-18-8-10-21(11-9-18)38(2,36)37/h3-12,14,17,30-31H,13,15-16H2,1-2H3,(H,29,32,34). The summed E-state index contributed by atoms with van der Waals surface area (Å²) >= 11 is 0. The van der Waals surface area contributed by atoms with Crippen LogP contribution in [-0.4, -0.2) is 54.9 Å². The first-order chi connectivity index (χ1) is 18.2.